The molecular formula is C21H35N3O3S. The third-order valence-corrected chi connectivity index (χ3v) is 6.18. The highest BCUT2D eigenvalue weighted by Crippen LogP contribution is 2.20. The fourth-order valence-electron chi connectivity index (χ4n) is 3.50. The van der Waals surface area contributed by atoms with Crippen LogP contribution in [0.1, 0.15) is 56.6 Å². The van der Waals surface area contributed by atoms with Crippen molar-refractivity contribution in [2.75, 3.05) is 26.0 Å². The minimum Gasteiger partial charge on any atom is -0.378 e. The molecule has 1 saturated carbocycles. The first-order valence-corrected chi connectivity index (χ1v) is 12.2. The van der Waals surface area contributed by atoms with Gasteiger partial charge in [0, 0.05) is 26.0 Å². The number of hydrogen-bond donors (Lipinski definition) is 2. The smallest absolute Gasteiger partial charge is 0.191 e. The number of nitrogens with zero attached hydrogens (tertiary/aromatic N) is 1. The molecule has 0 spiro atoms. The number of benzene rings is 1. The van der Waals surface area contributed by atoms with Gasteiger partial charge in [-0.25, -0.2) is 13.4 Å². The summed E-state index contributed by atoms with van der Waals surface area (Å²) in [5.41, 5.74) is 1.75. The van der Waals surface area contributed by atoms with E-state index < -0.39 is 9.84 Å². The highest BCUT2D eigenvalue weighted by Gasteiger charge is 2.13. The van der Waals surface area contributed by atoms with Crippen LogP contribution in [0.25, 0.3) is 0 Å². The molecule has 1 aliphatic carbocycles. The van der Waals surface area contributed by atoms with Crippen LogP contribution >= 0.6 is 0 Å². The second kappa shape index (κ2) is 11.4. The summed E-state index contributed by atoms with van der Waals surface area (Å²) in [6.45, 7) is 6.73. The molecular weight excluding hydrogens is 374 g/mol. The molecule has 0 saturated heterocycles. The maximum Gasteiger partial charge on any atom is 0.191 e. The molecule has 6 nitrogen and oxygen atoms in total. The van der Waals surface area contributed by atoms with Crippen molar-refractivity contribution >= 4 is 15.8 Å². The van der Waals surface area contributed by atoms with Gasteiger partial charge in [-0.05, 0) is 50.3 Å². The van der Waals surface area contributed by atoms with E-state index in [2.05, 4.69) is 15.6 Å². The number of rotatable bonds is 9. The second-order valence-electron chi connectivity index (χ2n) is 7.48. The molecule has 1 aromatic carbocycles. The van der Waals surface area contributed by atoms with E-state index in [0.29, 0.717) is 17.5 Å². The van der Waals surface area contributed by atoms with Gasteiger partial charge in [0.2, 0.25) is 0 Å². The van der Waals surface area contributed by atoms with Crippen molar-refractivity contribution in [3.05, 3.63) is 29.3 Å². The van der Waals surface area contributed by atoms with Crippen molar-refractivity contribution < 1.29 is 13.2 Å². The summed E-state index contributed by atoms with van der Waals surface area (Å²) < 4.78 is 29.4. The lowest BCUT2D eigenvalue weighted by atomic mass is 9.98. The molecule has 2 N–H and O–H groups in total. The summed E-state index contributed by atoms with van der Waals surface area (Å²) in [5.74, 6) is 0.769. The Balaban J connectivity index is 1.80. The molecule has 0 bridgehead atoms. The Bertz CT molecular complexity index is 741. The molecule has 7 heteroatoms. The van der Waals surface area contributed by atoms with Crippen LogP contribution < -0.4 is 10.6 Å². The summed E-state index contributed by atoms with van der Waals surface area (Å²) in [7, 11) is -3.19. The summed E-state index contributed by atoms with van der Waals surface area (Å²) >= 11 is 0. The van der Waals surface area contributed by atoms with Crippen LogP contribution in [0.5, 0.6) is 0 Å². The van der Waals surface area contributed by atoms with E-state index >= 15 is 0 Å². The lowest BCUT2D eigenvalue weighted by molar-refractivity contribution is 0.0277. The Morgan fingerprint density at radius 1 is 1.21 bits per heavy atom. The van der Waals surface area contributed by atoms with Gasteiger partial charge in [-0.1, -0.05) is 31.4 Å². The Hall–Kier alpha value is -1.60. The predicted molar refractivity (Wildman–Crippen MR) is 115 cm³/mol. The van der Waals surface area contributed by atoms with Gasteiger partial charge in [-0.3, -0.25) is 0 Å². The first-order valence-electron chi connectivity index (χ1n) is 10.3. The molecule has 0 atom stereocenters. The fraction of sp³-hybridized carbons (Fsp3) is 0.667. The Kier molecular flexibility index (Phi) is 9.25. The van der Waals surface area contributed by atoms with E-state index in [0.717, 1.165) is 43.2 Å². The normalized spacial score (nSPS) is 16.2. The SMILES string of the molecule is CCNC(=NCc1ccc(S(C)(=O)=O)c(C)c1)NCCCOC1CCCCC1. The second-order valence-corrected chi connectivity index (χ2v) is 9.46. The van der Waals surface area contributed by atoms with Crippen LogP contribution in [-0.2, 0) is 21.1 Å². The quantitative estimate of drug-likeness (QED) is 0.372. The van der Waals surface area contributed by atoms with Crippen LogP contribution in [-0.4, -0.2) is 46.4 Å². The molecule has 0 heterocycles. The van der Waals surface area contributed by atoms with Crippen molar-refractivity contribution in [1.29, 1.82) is 0 Å². The molecule has 0 aliphatic heterocycles. The number of ether oxygens (including phenoxy) is 1. The molecule has 0 unspecified atom stereocenters. The van der Waals surface area contributed by atoms with Crippen molar-refractivity contribution in [2.45, 2.75) is 69.9 Å². The first-order chi connectivity index (χ1) is 13.4. The van der Waals surface area contributed by atoms with Gasteiger partial charge in [0.1, 0.15) is 0 Å². The topological polar surface area (TPSA) is 79.8 Å². The molecule has 158 valence electrons. The molecule has 1 aliphatic rings. The summed E-state index contributed by atoms with van der Waals surface area (Å²) in [4.78, 5) is 4.99. The molecule has 0 aromatic heterocycles. The van der Waals surface area contributed by atoms with Gasteiger partial charge in [-0.15, -0.1) is 0 Å². The summed E-state index contributed by atoms with van der Waals surface area (Å²) in [5, 5.41) is 6.59. The van der Waals surface area contributed by atoms with Crippen molar-refractivity contribution in [2.24, 2.45) is 4.99 Å². The highest BCUT2D eigenvalue weighted by atomic mass is 32.2. The maximum atomic E-state index is 11.7. The minimum atomic E-state index is -3.19. The predicted octanol–water partition coefficient (Wildman–Crippen LogP) is 3.19. The van der Waals surface area contributed by atoms with E-state index in [4.69, 9.17) is 4.74 Å². The van der Waals surface area contributed by atoms with Crippen LogP contribution in [0.3, 0.4) is 0 Å². The van der Waals surface area contributed by atoms with Gasteiger partial charge in [0.25, 0.3) is 0 Å². The lowest BCUT2D eigenvalue weighted by Crippen LogP contribution is -2.38. The van der Waals surface area contributed by atoms with Crippen LogP contribution in [0, 0.1) is 6.92 Å². The minimum absolute atomic E-state index is 0.378. The highest BCUT2D eigenvalue weighted by molar-refractivity contribution is 7.90. The molecule has 28 heavy (non-hydrogen) atoms. The zero-order chi connectivity index (χ0) is 20.4. The third kappa shape index (κ3) is 7.80. The molecule has 1 fully saturated rings. The number of hydrogen-bond acceptors (Lipinski definition) is 4. The monoisotopic (exact) mass is 409 g/mol. The zero-order valence-corrected chi connectivity index (χ0v) is 18.3. The molecule has 2 rings (SSSR count). The average molecular weight is 410 g/mol. The third-order valence-electron chi connectivity index (χ3n) is 4.92. The number of aryl methyl sites for hydroxylation is 1. The average Bonchev–Trinajstić information content (AvgIpc) is 2.65. The molecule has 0 amide bonds. The van der Waals surface area contributed by atoms with E-state index in [-0.39, 0.29) is 0 Å². The number of sulfone groups is 1. The number of guanidine groups is 1. The summed E-state index contributed by atoms with van der Waals surface area (Å²) in [6.07, 6.45) is 8.98. The van der Waals surface area contributed by atoms with Crippen LogP contribution in [0.2, 0.25) is 0 Å². The van der Waals surface area contributed by atoms with E-state index in [9.17, 15) is 8.42 Å². The Morgan fingerprint density at radius 2 is 1.96 bits per heavy atom. The van der Waals surface area contributed by atoms with E-state index in [1.165, 1.54) is 38.4 Å². The lowest BCUT2D eigenvalue weighted by Gasteiger charge is -2.22. The van der Waals surface area contributed by atoms with Gasteiger partial charge >= 0.3 is 0 Å². The largest absolute Gasteiger partial charge is 0.378 e. The number of nitrogens with one attached hydrogen (secondary N) is 2. The fourth-order valence-corrected chi connectivity index (χ4v) is 4.46. The Labute approximate surface area is 170 Å². The van der Waals surface area contributed by atoms with Crippen LogP contribution in [0.4, 0.5) is 0 Å². The van der Waals surface area contributed by atoms with Crippen LogP contribution in [0.15, 0.2) is 28.1 Å². The standard InChI is InChI=1S/C21H35N3O3S/c1-4-22-21(23-13-8-14-27-19-9-6-5-7-10-19)24-16-18-11-12-20(17(2)15-18)28(3,25)26/h11-12,15,19H,4-10,13-14,16H2,1-3H3,(H2,22,23,24). The molecule has 0 radical (unpaired) electrons. The number of aliphatic imine (C=N–C) groups is 1. The van der Waals surface area contributed by atoms with E-state index in [1.54, 1.807) is 6.07 Å². The maximum absolute atomic E-state index is 11.7. The van der Waals surface area contributed by atoms with E-state index in [1.807, 2.05) is 26.0 Å². The van der Waals surface area contributed by atoms with Gasteiger partial charge in [-0.2, -0.15) is 0 Å². The van der Waals surface area contributed by atoms with Crippen molar-refractivity contribution in [3.63, 3.8) is 0 Å². The van der Waals surface area contributed by atoms with Crippen molar-refractivity contribution in [3.8, 4) is 0 Å². The first kappa shape index (κ1) is 22.7. The Morgan fingerprint density at radius 3 is 2.61 bits per heavy atom. The van der Waals surface area contributed by atoms with Gasteiger partial charge in [0.05, 0.1) is 17.5 Å². The van der Waals surface area contributed by atoms with Gasteiger partial charge in [0.15, 0.2) is 15.8 Å². The van der Waals surface area contributed by atoms with Gasteiger partial charge < -0.3 is 15.4 Å². The molecule has 1 aromatic rings. The summed E-state index contributed by atoms with van der Waals surface area (Å²) in [6, 6.07) is 5.38. The van der Waals surface area contributed by atoms with Crippen molar-refractivity contribution in [1.82, 2.24) is 10.6 Å². The zero-order valence-electron chi connectivity index (χ0n) is 17.5.